The second kappa shape index (κ2) is 3.96. The van der Waals surface area contributed by atoms with Crippen LogP contribution in [0.5, 0.6) is 0 Å². The van der Waals surface area contributed by atoms with Gasteiger partial charge in [-0.25, -0.2) is 0 Å². The highest BCUT2D eigenvalue weighted by Crippen LogP contribution is 2.38. The lowest BCUT2D eigenvalue weighted by Gasteiger charge is -2.12. The second-order valence-electron chi connectivity index (χ2n) is 2.63. The molecule has 0 aliphatic carbocycles. The Morgan fingerprint density at radius 2 is 1.79 bits per heavy atom. The molecular weight excluding hydrogens is 238 g/mol. The molecule has 2 N–H and O–H groups in total. The van der Waals surface area contributed by atoms with Gasteiger partial charge in [-0.05, 0) is 17.7 Å². The average Bonchev–Trinajstić information content (AvgIpc) is 2.06. The van der Waals surface area contributed by atoms with Crippen molar-refractivity contribution in [2.24, 2.45) is 5.73 Å². The summed E-state index contributed by atoms with van der Waals surface area (Å²) in [5.41, 5.74) is 4.46. The number of hydrogen-bond acceptors (Lipinski definition) is 1. The molecule has 14 heavy (non-hydrogen) atoms. The number of alkyl halides is 3. The van der Waals surface area contributed by atoms with Gasteiger partial charge in [0.2, 0.25) is 0 Å². The molecule has 0 unspecified atom stereocenters. The van der Waals surface area contributed by atoms with Gasteiger partial charge < -0.3 is 5.73 Å². The van der Waals surface area contributed by atoms with Gasteiger partial charge in [-0.2, -0.15) is 13.2 Å². The Hall–Kier alpha value is -0.450. The van der Waals surface area contributed by atoms with E-state index in [1.54, 1.807) is 0 Å². The van der Waals surface area contributed by atoms with E-state index in [2.05, 4.69) is 0 Å². The highest BCUT2D eigenvalue weighted by molar-refractivity contribution is 6.34. The predicted octanol–water partition coefficient (Wildman–Crippen LogP) is 3.47. The van der Waals surface area contributed by atoms with E-state index in [9.17, 15) is 13.2 Å². The first-order valence-electron chi connectivity index (χ1n) is 3.61. The van der Waals surface area contributed by atoms with Crippen LogP contribution in [-0.2, 0) is 12.7 Å². The molecule has 0 fully saturated rings. The molecule has 0 bridgehead atoms. The summed E-state index contributed by atoms with van der Waals surface area (Å²) in [6.07, 6.45) is -4.51. The topological polar surface area (TPSA) is 26.0 Å². The van der Waals surface area contributed by atoms with E-state index in [0.717, 1.165) is 6.07 Å². The third kappa shape index (κ3) is 2.32. The molecule has 0 saturated carbocycles. The molecule has 0 aliphatic rings. The Morgan fingerprint density at radius 3 is 2.21 bits per heavy atom. The van der Waals surface area contributed by atoms with E-state index < -0.39 is 11.7 Å². The number of halogens is 5. The molecule has 1 rings (SSSR count). The fraction of sp³-hybridized carbons (Fsp3) is 0.250. The lowest BCUT2D eigenvalue weighted by atomic mass is 10.1. The normalized spacial score (nSPS) is 11.9. The zero-order valence-corrected chi connectivity index (χ0v) is 8.34. The van der Waals surface area contributed by atoms with Gasteiger partial charge in [0, 0.05) is 11.6 Å². The van der Waals surface area contributed by atoms with Crippen molar-refractivity contribution in [3.05, 3.63) is 33.3 Å². The van der Waals surface area contributed by atoms with Crippen LogP contribution >= 0.6 is 23.2 Å². The minimum absolute atomic E-state index is 0.0258. The van der Waals surface area contributed by atoms with Crippen molar-refractivity contribution in [2.75, 3.05) is 0 Å². The molecule has 0 atom stereocenters. The molecule has 6 heteroatoms. The molecule has 0 amide bonds. The SMILES string of the molecule is NCc1cc(Cl)cc(C(F)(F)F)c1Cl. The van der Waals surface area contributed by atoms with Crippen LogP contribution in [0, 0.1) is 0 Å². The quantitative estimate of drug-likeness (QED) is 0.804. The molecule has 0 heterocycles. The van der Waals surface area contributed by atoms with Gasteiger partial charge >= 0.3 is 6.18 Å². The summed E-state index contributed by atoms with van der Waals surface area (Å²) in [5.74, 6) is 0. The molecule has 0 radical (unpaired) electrons. The minimum Gasteiger partial charge on any atom is -0.326 e. The molecule has 1 aromatic carbocycles. The van der Waals surface area contributed by atoms with Crippen LogP contribution in [0.2, 0.25) is 10.0 Å². The second-order valence-corrected chi connectivity index (χ2v) is 3.44. The van der Waals surface area contributed by atoms with E-state index in [1.165, 1.54) is 6.07 Å². The van der Waals surface area contributed by atoms with Crippen LogP contribution in [0.3, 0.4) is 0 Å². The zero-order chi connectivity index (χ0) is 10.9. The van der Waals surface area contributed by atoms with Crippen molar-refractivity contribution in [3.8, 4) is 0 Å². The first-order valence-corrected chi connectivity index (χ1v) is 4.37. The van der Waals surface area contributed by atoms with Gasteiger partial charge in [0.1, 0.15) is 0 Å². The monoisotopic (exact) mass is 243 g/mol. The van der Waals surface area contributed by atoms with E-state index in [0.29, 0.717) is 0 Å². The maximum absolute atomic E-state index is 12.4. The van der Waals surface area contributed by atoms with Crippen LogP contribution < -0.4 is 5.73 Å². The fourth-order valence-corrected chi connectivity index (χ4v) is 1.53. The summed E-state index contributed by atoms with van der Waals surface area (Å²) in [6, 6.07) is 2.10. The van der Waals surface area contributed by atoms with E-state index in [-0.39, 0.29) is 22.2 Å². The van der Waals surface area contributed by atoms with Crippen LogP contribution in [-0.4, -0.2) is 0 Å². The van der Waals surface area contributed by atoms with Crippen LogP contribution in [0.4, 0.5) is 13.2 Å². The van der Waals surface area contributed by atoms with Crippen molar-refractivity contribution in [3.63, 3.8) is 0 Å². The van der Waals surface area contributed by atoms with Gasteiger partial charge in [0.05, 0.1) is 10.6 Å². The Balaban J connectivity index is 3.37. The Morgan fingerprint density at radius 1 is 1.21 bits per heavy atom. The Labute approximate surface area is 88.6 Å². The molecule has 0 aromatic heterocycles. The smallest absolute Gasteiger partial charge is 0.326 e. The number of hydrogen-bond donors (Lipinski definition) is 1. The van der Waals surface area contributed by atoms with Crippen molar-refractivity contribution in [1.29, 1.82) is 0 Å². The summed E-state index contributed by atoms with van der Waals surface area (Å²) in [7, 11) is 0. The van der Waals surface area contributed by atoms with E-state index in [1.807, 2.05) is 0 Å². The van der Waals surface area contributed by atoms with Gasteiger partial charge in [-0.3, -0.25) is 0 Å². The van der Waals surface area contributed by atoms with Gasteiger partial charge in [-0.1, -0.05) is 23.2 Å². The minimum atomic E-state index is -4.51. The first kappa shape index (κ1) is 11.6. The third-order valence-electron chi connectivity index (χ3n) is 1.64. The van der Waals surface area contributed by atoms with Gasteiger partial charge in [-0.15, -0.1) is 0 Å². The molecule has 78 valence electrons. The summed E-state index contributed by atoms with van der Waals surface area (Å²) in [6.45, 7) is -0.0809. The van der Waals surface area contributed by atoms with Crippen LogP contribution in [0.15, 0.2) is 12.1 Å². The van der Waals surface area contributed by atoms with Gasteiger partial charge in [0.15, 0.2) is 0 Å². The van der Waals surface area contributed by atoms with E-state index in [4.69, 9.17) is 28.9 Å². The summed E-state index contributed by atoms with van der Waals surface area (Å²) >= 11 is 11.0. The zero-order valence-electron chi connectivity index (χ0n) is 6.83. The van der Waals surface area contributed by atoms with Crippen LogP contribution in [0.1, 0.15) is 11.1 Å². The summed E-state index contributed by atoms with van der Waals surface area (Å²) < 4.78 is 37.1. The number of benzene rings is 1. The highest BCUT2D eigenvalue weighted by Gasteiger charge is 2.34. The largest absolute Gasteiger partial charge is 0.417 e. The Kier molecular flexibility index (Phi) is 3.29. The molecule has 0 aliphatic heterocycles. The van der Waals surface area contributed by atoms with Crippen LogP contribution in [0.25, 0.3) is 0 Å². The Bertz CT molecular complexity index is 349. The maximum atomic E-state index is 12.4. The van der Waals surface area contributed by atoms with Crippen molar-refractivity contribution in [2.45, 2.75) is 12.7 Å². The molecule has 1 nitrogen and oxygen atoms in total. The standard InChI is InChI=1S/C8H6Cl2F3N/c9-5-1-4(3-14)7(10)6(2-5)8(11,12)13/h1-2H,3,14H2. The van der Waals surface area contributed by atoms with Crippen molar-refractivity contribution in [1.82, 2.24) is 0 Å². The molecule has 1 aromatic rings. The fourth-order valence-electron chi connectivity index (χ4n) is 1.00. The predicted molar refractivity (Wildman–Crippen MR) is 49.4 cm³/mol. The molecular formula is C8H6Cl2F3N. The third-order valence-corrected chi connectivity index (χ3v) is 2.30. The summed E-state index contributed by atoms with van der Waals surface area (Å²) in [4.78, 5) is 0. The van der Waals surface area contributed by atoms with Crippen molar-refractivity contribution >= 4 is 23.2 Å². The lowest BCUT2D eigenvalue weighted by Crippen LogP contribution is -2.09. The average molecular weight is 244 g/mol. The van der Waals surface area contributed by atoms with Gasteiger partial charge in [0.25, 0.3) is 0 Å². The highest BCUT2D eigenvalue weighted by atomic mass is 35.5. The molecule has 0 saturated heterocycles. The number of nitrogens with two attached hydrogens (primary N) is 1. The maximum Gasteiger partial charge on any atom is 0.417 e. The van der Waals surface area contributed by atoms with Crippen molar-refractivity contribution < 1.29 is 13.2 Å². The lowest BCUT2D eigenvalue weighted by molar-refractivity contribution is -0.137. The van der Waals surface area contributed by atoms with E-state index >= 15 is 0 Å². The summed E-state index contributed by atoms with van der Waals surface area (Å²) in [5, 5.41) is -0.411. The number of rotatable bonds is 1. The molecule has 0 spiro atoms. The first-order chi connectivity index (χ1) is 6.36.